The van der Waals surface area contributed by atoms with Gasteiger partial charge in [-0.3, -0.25) is 9.48 Å². The van der Waals surface area contributed by atoms with E-state index >= 15 is 0 Å². The van der Waals surface area contributed by atoms with Crippen LogP contribution in [-0.2, 0) is 10.3 Å². The number of carboxylic acid groups (broad SMARTS) is 1. The van der Waals surface area contributed by atoms with Gasteiger partial charge in [-0.25, -0.2) is 4.79 Å². The summed E-state index contributed by atoms with van der Waals surface area (Å²) in [5.74, 6) is -0.850. The molecule has 1 aliphatic rings. The van der Waals surface area contributed by atoms with Crippen LogP contribution in [0, 0.1) is 6.92 Å². The fraction of sp³-hybridized carbons (Fsp3) is 0.316. The highest BCUT2D eigenvalue weighted by molar-refractivity contribution is 5.96. The van der Waals surface area contributed by atoms with E-state index in [2.05, 4.69) is 5.10 Å². The normalized spacial score (nSPS) is 16.7. The van der Waals surface area contributed by atoms with Gasteiger partial charge in [0.25, 0.3) is 5.91 Å². The molecule has 0 spiro atoms. The van der Waals surface area contributed by atoms with Gasteiger partial charge in [0.05, 0.1) is 6.20 Å². The van der Waals surface area contributed by atoms with E-state index in [0.717, 1.165) is 10.9 Å². The minimum absolute atomic E-state index is 0.211. The lowest BCUT2D eigenvalue weighted by Crippen LogP contribution is -2.52. The summed E-state index contributed by atoms with van der Waals surface area (Å²) in [6.45, 7) is 2.54. The topological polar surface area (TPSA) is 88.6 Å². The molecule has 1 amide bonds. The van der Waals surface area contributed by atoms with E-state index in [0.29, 0.717) is 31.5 Å². The molecule has 2 aromatic heterocycles. The summed E-state index contributed by atoms with van der Waals surface area (Å²) in [5, 5.41) is 14.9. The first-order valence-corrected chi connectivity index (χ1v) is 8.53. The largest absolute Gasteiger partial charge is 0.479 e. The van der Waals surface area contributed by atoms with Gasteiger partial charge in [-0.1, -0.05) is 18.2 Å². The van der Waals surface area contributed by atoms with Crippen LogP contribution in [0.2, 0.25) is 0 Å². The summed E-state index contributed by atoms with van der Waals surface area (Å²) in [5.41, 5.74) is 0.463. The molecule has 1 fully saturated rings. The summed E-state index contributed by atoms with van der Waals surface area (Å²) in [4.78, 5) is 26.4. The first-order chi connectivity index (χ1) is 12.5. The molecule has 7 heteroatoms. The lowest BCUT2D eigenvalue weighted by atomic mass is 9.87. The molecule has 0 radical (unpaired) electrons. The van der Waals surface area contributed by atoms with E-state index in [1.807, 2.05) is 31.2 Å². The molecule has 1 saturated heterocycles. The average Bonchev–Trinajstić information content (AvgIpc) is 3.27. The number of likely N-dealkylation sites (tertiary alicyclic amines) is 1. The molecule has 0 aliphatic carbocycles. The molecule has 26 heavy (non-hydrogen) atoms. The van der Waals surface area contributed by atoms with Gasteiger partial charge in [0.2, 0.25) is 0 Å². The van der Waals surface area contributed by atoms with Crippen LogP contribution in [0.15, 0.2) is 47.1 Å². The highest BCUT2D eigenvalue weighted by Crippen LogP contribution is 2.31. The number of furan rings is 1. The molecule has 1 aromatic carbocycles. The molecule has 4 rings (SSSR count). The van der Waals surface area contributed by atoms with E-state index in [1.165, 1.54) is 4.68 Å². The Morgan fingerprint density at radius 3 is 2.58 bits per heavy atom. The maximum atomic E-state index is 12.8. The second-order valence-corrected chi connectivity index (χ2v) is 6.74. The summed E-state index contributed by atoms with van der Waals surface area (Å²) < 4.78 is 7.17. The predicted molar refractivity (Wildman–Crippen MR) is 93.9 cm³/mol. The molecular weight excluding hydrogens is 334 g/mol. The minimum Gasteiger partial charge on any atom is -0.479 e. The quantitative estimate of drug-likeness (QED) is 0.782. The zero-order valence-electron chi connectivity index (χ0n) is 14.4. The Morgan fingerprint density at radius 2 is 1.96 bits per heavy atom. The van der Waals surface area contributed by atoms with Gasteiger partial charge in [0.15, 0.2) is 11.3 Å². The van der Waals surface area contributed by atoms with Crippen molar-refractivity contribution in [1.82, 2.24) is 14.7 Å². The number of para-hydroxylation sites is 1. The second-order valence-electron chi connectivity index (χ2n) is 6.74. The van der Waals surface area contributed by atoms with E-state index < -0.39 is 11.5 Å². The third kappa shape index (κ3) is 2.56. The van der Waals surface area contributed by atoms with Crippen molar-refractivity contribution in [3.63, 3.8) is 0 Å². The first-order valence-electron chi connectivity index (χ1n) is 8.53. The predicted octanol–water partition coefficient (Wildman–Crippen LogP) is 2.65. The van der Waals surface area contributed by atoms with Gasteiger partial charge >= 0.3 is 5.97 Å². The molecule has 0 bridgehead atoms. The number of nitrogens with zero attached hydrogens (tertiary/aromatic N) is 3. The Kier molecular flexibility index (Phi) is 3.79. The van der Waals surface area contributed by atoms with Crippen molar-refractivity contribution in [3.8, 4) is 0 Å². The van der Waals surface area contributed by atoms with Crippen molar-refractivity contribution in [2.45, 2.75) is 25.3 Å². The van der Waals surface area contributed by atoms with Crippen molar-refractivity contribution < 1.29 is 19.1 Å². The van der Waals surface area contributed by atoms with Crippen LogP contribution in [0.5, 0.6) is 0 Å². The SMILES string of the molecule is Cc1cnn(C2(C(=O)O)CCN(C(=O)c3cc4ccccc4o3)CC2)c1. The molecule has 1 aliphatic heterocycles. The Bertz CT molecular complexity index is 947. The number of carboxylic acids is 1. The Morgan fingerprint density at radius 1 is 1.23 bits per heavy atom. The molecule has 7 nitrogen and oxygen atoms in total. The van der Waals surface area contributed by atoms with Gasteiger partial charge in [0, 0.05) is 37.5 Å². The van der Waals surface area contributed by atoms with Gasteiger partial charge in [-0.05, 0) is 24.6 Å². The van der Waals surface area contributed by atoms with Gasteiger partial charge in [-0.2, -0.15) is 5.10 Å². The van der Waals surface area contributed by atoms with Crippen molar-refractivity contribution in [2.75, 3.05) is 13.1 Å². The number of amides is 1. The highest BCUT2D eigenvalue weighted by atomic mass is 16.4. The van der Waals surface area contributed by atoms with Crippen LogP contribution in [-0.4, -0.2) is 44.8 Å². The van der Waals surface area contributed by atoms with Gasteiger partial charge in [-0.15, -0.1) is 0 Å². The molecule has 0 saturated carbocycles. The van der Waals surface area contributed by atoms with E-state index in [9.17, 15) is 14.7 Å². The van der Waals surface area contributed by atoms with Crippen LogP contribution < -0.4 is 0 Å². The zero-order chi connectivity index (χ0) is 18.3. The monoisotopic (exact) mass is 353 g/mol. The fourth-order valence-corrected chi connectivity index (χ4v) is 3.51. The van der Waals surface area contributed by atoms with Crippen molar-refractivity contribution in [2.24, 2.45) is 0 Å². The number of rotatable bonds is 3. The highest BCUT2D eigenvalue weighted by Gasteiger charge is 2.45. The average molecular weight is 353 g/mol. The van der Waals surface area contributed by atoms with Crippen molar-refractivity contribution in [3.05, 3.63) is 54.0 Å². The maximum absolute atomic E-state index is 12.8. The van der Waals surface area contributed by atoms with Gasteiger partial charge in [0.1, 0.15) is 5.58 Å². The van der Waals surface area contributed by atoms with Crippen LogP contribution in [0.25, 0.3) is 11.0 Å². The zero-order valence-corrected chi connectivity index (χ0v) is 14.4. The Balaban J connectivity index is 1.55. The number of carbonyl (C=O) groups is 2. The van der Waals surface area contributed by atoms with Crippen molar-refractivity contribution >= 4 is 22.8 Å². The molecule has 0 atom stereocenters. The first kappa shape index (κ1) is 16.4. The number of hydrogen-bond donors (Lipinski definition) is 1. The number of benzene rings is 1. The molecule has 134 valence electrons. The summed E-state index contributed by atoms with van der Waals surface area (Å²) in [7, 11) is 0. The number of aromatic nitrogens is 2. The molecule has 3 aromatic rings. The standard InChI is InChI=1S/C19H19N3O4/c1-13-11-20-22(12-13)19(18(24)25)6-8-21(9-7-19)17(23)16-10-14-4-2-3-5-15(14)26-16/h2-5,10-12H,6-9H2,1H3,(H,24,25). The minimum atomic E-state index is -1.11. The number of carbonyl (C=O) groups excluding carboxylic acids is 1. The third-order valence-electron chi connectivity index (χ3n) is 5.06. The van der Waals surface area contributed by atoms with E-state index in [4.69, 9.17) is 4.42 Å². The van der Waals surface area contributed by atoms with Crippen molar-refractivity contribution in [1.29, 1.82) is 0 Å². The number of aliphatic carboxylic acids is 1. The Labute approximate surface area is 149 Å². The Hall–Kier alpha value is -3.09. The molecule has 1 N–H and O–H groups in total. The molecule has 3 heterocycles. The molecule has 0 unspecified atom stereocenters. The number of aryl methyl sites for hydroxylation is 1. The van der Waals surface area contributed by atoms with Crippen LogP contribution in [0.1, 0.15) is 29.0 Å². The number of hydrogen-bond acceptors (Lipinski definition) is 4. The third-order valence-corrected chi connectivity index (χ3v) is 5.06. The summed E-state index contributed by atoms with van der Waals surface area (Å²) >= 11 is 0. The van der Waals surface area contributed by atoms with Crippen LogP contribution >= 0.6 is 0 Å². The van der Waals surface area contributed by atoms with E-state index in [1.54, 1.807) is 23.4 Å². The smallest absolute Gasteiger partial charge is 0.331 e. The number of fused-ring (bicyclic) bond motifs is 1. The van der Waals surface area contributed by atoms with Crippen LogP contribution in [0.3, 0.4) is 0 Å². The molecular formula is C19H19N3O4. The maximum Gasteiger partial charge on any atom is 0.331 e. The summed E-state index contributed by atoms with van der Waals surface area (Å²) in [6.07, 6.45) is 3.99. The lowest BCUT2D eigenvalue weighted by molar-refractivity contribution is -0.150. The van der Waals surface area contributed by atoms with Gasteiger partial charge < -0.3 is 14.4 Å². The summed E-state index contributed by atoms with van der Waals surface area (Å²) in [6, 6.07) is 9.18. The van der Waals surface area contributed by atoms with E-state index in [-0.39, 0.29) is 11.7 Å². The second kappa shape index (κ2) is 6.01. The van der Waals surface area contributed by atoms with Crippen LogP contribution in [0.4, 0.5) is 0 Å². The lowest BCUT2D eigenvalue weighted by Gasteiger charge is -2.38. The fourth-order valence-electron chi connectivity index (χ4n) is 3.51. The number of piperidine rings is 1.